The predicted molar refractivity (Wildman–Crippen MR) is 95.1 cm³/mol. The van der Waals surface area contributed by atoms with E-state index < -0.39 is 11.7 Å². The van der Waals surface area contributed by atoms with Gasteiger partial charge in [-0.3, -0.25) is 10.3 Å². The summed E-state index contributed by atoms with van der Waals surface area (Å²) in [6.45, 7) is 1.80. The van der Waals surface area contributed by atoms with Crippen LogP contribution >= 0.6 is 0 Å². The van der Waals surface area contributed by atoms with E-state index in [1.807, 2.05) is 7.05 Å². The third-order valence-electron chi connectivity index (χ3n) is 4.34. The normalized spacial score (nSPS) is 18.1. The fourth-order valence-electron chi connectivity index (χ4n) is 3.02. The standard InChI is InChI=1S/C18H20F3N5O/c1-26-8-2-3-14(11-26)23-17(27)25-16-10-22-9-15(24-16)12-4-6-13(7-5-12)18(19,20)21/h4-7,9-10,14H,2-3,8,11H2,1H3,(H2,23,24,25,27)/t14-/m0/s1. The molecule has 0 saturated carbocycles. The first-order valence-corrected chi connectivity index (χ1v) is 8.57. The number of benzene rings is 1. The van der Waals surface area contributed by atoms with E-state index in [2.05, 4.69) is 25.5 Å². The van der Waals surface area contributed by atoms with Crippen LogP contribution in [0.15, 0.2) is 36.7 Å². The highest BCUT2D eigenvalue weighted by Crippen LogP contribution is 2.30. The number of alkyl halides is 3. The second-order valence-electron chi connectivity index (χ2n) is 6.56. The highest BCUT2D eigenvalue weighted by Gasteiger charge is 2.30. The van der Waals surface area contributed by atoms with Crippen molar-refractivity contribution in [3.8, 4) is 11.3 Å². The van der Waals surface area contributed by atoms with Gasteiger partial charge in [0.1, 0.15) is 0 Å². The van der Waals surface area contributed by atoms with Gasteiger partial charge in [0.2, 0.25) is 0 Å². The number of hydrogen-bond donors (Lipinski definition) is 2. The van der Waals surface area contributed by atoms with Crippen molar-refractivity contribution in [2.45, 2.75) is 25.1 Å². The monoisotopic (exact) mass is 379 g/mol. The van der Waals surface area contributed by atoms with Crippen LogP contribution in [0.1, 0.15) is 18.4 Å². The molecule has 27 heavy (non-hydrogen) atoms. The molecule has 144 valence electrons. The Morgan fingerprint density at radius 3 is 2.63 bits per heavy atom. The van der Waals surface area contributed by atoms with Crippen molar-refractivity contribution in [2.24, 2.45) is 0 Å². The lowest BCUT2D eigenvalue weighted by molar-refractivity contribution is -0.137. The van der Waals surface area contributed by atoms with E-state index in [9.17, 15) is 18.0 Å². The molecule has 0 bridgehead atoms. The Balaban J connectivity index is 1.65. The van der Waals surface area contributed by atoms with E-state index in [0.717, 1.165) is 38.1 Å². The number of likely N-dealkylation sites (tertiary alicyclic amines) is 1. The Hall–Kier alpha value is -2.68. The zero-order valence-corrected chi connectivity index (χ0v) is 14.8. The van der Waals surface area contributed by atoms with Crippen molar-refractivity contribution < 1.29 is 18.0 Å². The van der Waals surface area contributed by atoms with Gasteiger partial charge in [0, 0.05) is 18.2 Å². The molecule has 1 fully saturated rings. The van der Waals surface area contributed by atoms with E-state index in [1.54, 1.807) is 0 Å². The first kappa shape index (κ1) is 19.1. The Kier molecular flexibility index (Phi) is 5.59. The first-order chi connectivity index (χ1) is 12.8. The maximum atomic E-state index is 12.7. The number of nitrogens with one attached hydrogen (secondary N) is 2. The fraction of sp³-hybridized carbons (Fsp3) is 0.389. The van der Waals surface area contributed by atoms with Crippen molar-refractivity contribution in [2.75, 3.05) is 25.5 Å². The van der Waals surface area contributed by atoms with Crippen molar-refractivity contribution in [1.29, 1.82) is 0 Å². The van der Waals surface area contributed by atoms with E-state index in [1.165, 1.54) is 24.5 Å². The summed E-state index contributed by atoms with van der Waals surface area (Å²) in [5, 5.41) is 5.52. The van der Waals surface area contributed by atoms with Gasteiger partial charge in [0.25, 0.3) is 0 Å². The number of carbonyl (C=O) groups excluding carboxylic acids is 1. The van der Waals surface area contributed by atoms with Crippen LogP contribution in [0, 0.1) is 0 Å². The molecular formula is C18H20F3N5O. The quantitative estimate of drug-likeness (QED) is 0.858. The van der Waals surface area contributed by atoms with Crippen LogP contribution in [0.2, 0.25) is 0 Å². The van der Waals surface area contributed by atoms with Crippen molar-refractivity contribution in [3.63, 3.8) is 0 Å². The van der Waals surface area contributed by atoms with Crippen LogP contribution in [-0.4, -0.2) is 47.1 Å². The molecule has 1 atom stereocenters. The minimum absolute atomic E-state index is 0.0646. The molecule has 2 N–H and O–H groups in total. The molecule has 2 heterocycles. The third kappa shape index (κ3) is 5.16. The smallest absolute Gasteiger partial charge is 0.334 e. The summed E-state index contributed by atoms with van der Waals surface area (Å²) >= 11 is 0. The van der Waals surface area contributed by atoms with Gasteiger partial charge < -0.3 is 10.2 Å². The maximum absolute atomic E-state index is 12.7. The number of piperidine rings is 1. The van der Waals surface area contributed by atoms with Crippen LogP contribution in [0.4, 0.5) is 23.8 Å². The van der Waals surface area contributed by atoms with Crippen molar-refractivity contribution in [1.82, 2.24) is 20.2 Å². The zero-order chi connectivity index (χ0) is 19.4. The molecule has 1 aliphatic rings. The lowest BCUT2D eigenvalue weighted by atomic mass is 10.1. The molecule has 2 amide bonds. The van der Waals surface area contributed by atoms with Gasteiger partial charge in [-0.2, -0.15) is 13.2 Å². The van der Waals surface area contributed by atoms with Gasteiger partial charge in [-0.25, -0.2) is 9.78 Å². The highest BCUT2D eigenvalue weighted by atomic mass is 19.4. The summed E-state index contributed by atoms with van der Waals surface area (Å²) < 4.78 is 38.0. The molecule has 9 heteroatoms. The molecule has 1 saturated heterocycles. The number of likely N-dealkylation sites (N-methyl/N-ethyl adjacent to an activating group) is 1. The Morgan fingerprint density at radius 1 is 1.22 bits per heavy atom. The molecule has 0 spiro atoms. The van der Waals surface area contributed by atoms with Crippen LogP contribution in [0.3, 0.4) is 0 Å². The number of urea groups is 1. The highest BCUT2D eigenvalue weighted by molar-refractivity contribution is 5.88. The molecule has 3 rings (SSSR count). The summed E-state index contributed by atoms with van der Waals surface area (Å²) in [4.78, 5) is 22.6. The minimum Gasteiger partial charge on any atom is -0.334 e. The summed E-state index contributed by atoms with van der Waals surface area (Å²) in [5.41, 5.74) is 0.123. The van der Waals surface area contributed by atoms with E-state index in [4.69, 9.17) is 0 Å². The molecule has 6 nitrogen and oxygen atoms in total. The first-order valence-electron chi connectivity index (χ1n) is 8.57. The van der Waals surface area contributed by atoms with Gasteiger partial charge in [-0.15, -0.1) is 0 Å². The Labute approximate surface area is 154 Å². The van der Waals surface area contributed by atoms with Gasteiger partial charge in [0.05, 0.1) is 23.7 Å². The van der Waals surface area contributed by atoms with Gasteiger partial charge in [-0.05, 0) is 38.6 Å². The molecule has 1 aliphatic heterocycles. The fourth-order valence-corrected chi connectivity index (χ4v) is 3.02. The van der Waals surface area contributed by atoms with Gasteiger partial charge in [-0.1, -0.05) is 12.1 Å². The molecular weight excluding hydrogens is 359 g/mol. The molecule has 0 radical (unpaired) electrons. The van der Waals surface area contributed by atoms with Crippen LogP contribution < -0.4 is 10.6 Å². The van der Waals surface area contributed by atoms with E-state index in [-0.39, 0.29) is 17.9 Å². The number of anilines is 1. The van der Waals surface area contributed by atoms with Gasteiger partial charge >= 0.3 is 12.2 Å². The van der Waals surface area contributed by atoms with Crippen molar-refractivity contribution in [3.05, 3.63) is 42.2 Å². The number of nitrogens with zero attached hydrogens (tertiary/aromatic N) is 3. The summed E-state index contributed by atoms with van der Waals surface area (Å²) in [5.74, 6) is 0.231. The second kappa shape index (κ2) is 7.91. The largest absolute Gasteiger partial charge is 0.416 e. The molecule has 2 aromatic rings. The number of amides is 2. The number of hydrogen-bond acceptors (Lipinski definition) is 4. The Morgan fingerprint density at radius 2 is 1.96 bits per heavy atom. The number of aromatic nitrogens is 2. The van der Waals surface area contributed by atoms with Crippen LogP contribution in [0.5, 0.6) is 0 Å². The molecule has 0 unspecified atom stereocenters. The average molecular weight is 379 g/mol. The van der Waals surface area contributed by atoms with Crippen LogP contribution in [0.25, 0.3) is 11.3 Å². The summed E-state index contributed by atoms with van der Waals surface area (Å²) in [6.07, 6.45) is 0.362. The molecule has 0 aliphatic carbocycles. The summed E-state index contributed by atoms with van der Waals surface area (Å²) in [6, 6.07) is 4.32. The lowest BCUT2D eigenvalue weighted by Gasteiger charge is -2.30. The average Bonchev–Trinajstić information content (AvgIpc) is 2.61. The number of carbonyl (C=O) groups is 1. The second-order valence-corrected chi connectivity index (χ2v) is 6.56. The van der Waals surface area contributed by atoms with Crippen LogP contribution in [-0.2, 0) is 6.18 Å². The van der Waals surface area contributed by atoms with E-state index in [0.29, 0.717) is 11.3 Å². The number of halogens is 3. The number of rotatable bonds is 3. The lowest BCUT2D eigenvalue weighted by Crippen LogP contribution is -2.47. The maximum Gasteiger partial charge on any atom is 0.416 e. The zero-order valence-electron chi connectivity index (χ0n) is 14.8. The predicted octanol–water partition coefficient (Wildman–Crippen LogP) is 3.38. The minimum atomic E-state index is -4.39. The SMILES string of the molecule is CN1CCC[C@H](NC(=O)Nc2cncc(-c3ccc(C(F)(F)F)cc3)n2)C1. The van der Waals surface area contributed by atoms with Gasteiger partial charge in [0.15, 0.2) is 5.82 Å². The van der Waals surface area contributed by atoms with Crippen molar-refractivity contribution >= 4 is 11.8 Å². The topological polar surface area (TPSA) is 70.2 Å². The third-order valence-corrected chi connectivity index (χ3v) is 4.34. The summed E-state index contributed by atoms with van der Waals surface area (Å²) in [7, 11) is 2.00. The Bertz CT molecular complexity index is 794. The van der Waals surface area contributed by atoms with E-state index >= 15 is 0 Å². The molecule has 1 aromatic heterocycles. The molecule has 1 aromatic carbocycles.